The fraction of sp³-hybridized carbons (Fsp3) is 0. The monoisotopic (exact) mass is 403 g/mol. The molecule has 0 bridgehead atoms. The first-order chi connectivity index (χ1) is 11.5. The van der Waals surface area contributed by atoms with Gasteiger partial charge in [-0.15, -0.1) is 0 Å². The van der Waals surface area contributed by atoms with Gasteiger partial charge in [-0.05, 0) is 42.5 Å². The van der Waals surface area contributed by atoms with Crippen LogP contribution >= 0.6 is 27.5 Å². The highest BCUT2D eigenvalue weighted by Gasteiger charge is 2.16. The van der Waals surface area contributed by atoms with E-state index in [0.29, 0.717) is 21.8 Å². The molecule has 7 heteroatoms. The first kappa shape index (κ1) is 16.4. The Balaban J connectivity index is 1.95. The van der Waals surface area contributed by atoms with Gasteiger partial charge < -0.3 is 5.32 Å². The molecule has 24 heavy (non-hydrogen) atoms. The van der Waals surface area contributed by atoms with Crippen molar-refractivity contribution < 1.29 is 9.59 Å². The first-order valence-corrected chi connectivity index (χ1v) is 8.11. The van der Waals surface area contributed by atoms with Crippen LogP contribution < -0.4 is 5.32 Å². The summed E-state index contributed by atoms with van der Waals surface area (Å²) in [4.78, 5) is 28.8. The van der Waals surface area contributed by atoms with Gasteiger partial charge in [-0.3, -0.25) is 9.36 Å². The topological polar surface area (TPSA) is 64.0 Å². The number of nitrogens with zero attached hydrogens (tertiary/aromatic N) is 2. The van der Waals surface area contributed by atoms with E-state index in [9.17, 15) is 9.59 Å². The predicted octanol–water partition coefficient (Wildman–Crippen LogP) is 4.61. The molecule has 0 unspecified atom stereocenters. The predicted molar refractivity (Wildman–Crippen MR) is 95.7 cm³/mol. The summed E-state index contributed by atoms with van der Waals surface area (Å²) in [5, 5.41) is 3.11. The number of hydrogen-bond donors (Lipinski definition) is 1. The Kier molecular flexibility index (Phi) is 4.78. The quantitative estimate of drug-likeness (QED) is 0.648. The van der Waals surface area contributed by atoms with Crippen molar-refractivity contribution in [1.29, 1.82) is 0 Å². The van der Waals surface area contributed by atoms with Gasteiger partial charge >= 0.3 is 6.03 Å². The van der Waals surface area contributed by atoms with E-state index in [0.717, 1.165) is 4.47 Å². The Bertz CT molecular complexity index is 893. The minimum absolute atomic E-state index is 0.231. The summed E-state index contributed by atoms with van der Waals surface area (Å²) in [7, 11) is 0. The molecule has 0 saturated heterocycles. The van der Waals surface area contributed by atoms with Crippen LogP contribution in [0.25, 0.3) is 0 Å². The maximum atomic E-state index is 12.8. The molecule has 2 aromatic carbocycles. The number of aromatic nitrogens is 2. The highest BCUT2D eigenvalue weighted by atomic mass is 79.9. The number of benzene rings is 2. The van der Waals surface area contributed by atoms with E-state index in [2.05, 4.69) is 26.2 Å². The average molecular weight is 405 g/mol. The average Bonchev–Trinajstić information content (AvgIpc) is 3.11. The maximum Gasteiger partial charge on any atom is 0.331 e. The first-order valence-electron chi connectivity index (χ1n) is 6.94. The lowest BCUT2D eigenvalue weighted by atomic mass is 10.0. The third-order valence-electron chi connectivity index (χ3n) is 3.31. The maximum absolute atomic E-state index is 12.8. The van der Waals surface area contributed by atoms with Gasteiger partial charge in [0, 0.05) is 33.0 Å². The molecular weight excluding hydrogens is 394 g/mol. The molecule has 1 aromatic heterocycles. The number of carbonyl (C=O) groups is 2. The van der Waals surface area contributed by atoms with E-state index in [4.69, 9.17) is 11.6 Å². The molecule has 3 rings (SSSR count). The van der Waals surface area contributed by atoms with Gasteiger partial charge in [-0.1, -0.05) is 27.5 Å². The number of nitrogens with one attached hydrogen (secondary N) is 1. The molecule has 1 heterocycles. The zero-order chi connectivity index (χ0) is 17.1. The third-order valence-corrected chi connectivity index (χ3v) is 4.08. The molecule has 0 saturated carbocycles. The van der Waals surface area contributed by atoms with Crippen molar-refractivity contribution in [2.24, 2.45) is 0 Å². The molecule has 5 nitrogen and oxygen atoms in total. The van der Waals surface area contributed by atoms with Gasteiger partial charge in [0.2, 0.25) is 0 Å². The molecule has 0 radical (unpaired) electrons. The Morgan fingerprint density at radius 1 is 1.12 bits per heavy atom. The highest BCUT2D eigenvalue weighted by Crippen LogP contribution is 2.24. The lowest BCUT2D eigenvalue weighted by Crippen LogP contribution is -2.19. The third kappa shape index (κ3) is 3.55. The summed E-state index contributed by atoms with van der Waals surface area (Å²) >= 11 is 9.36. The number of anilines is 1. The molecule has 120 valence electrons. The van der Waals surface area contributed by atoms with E-state index in [1.165, 1.54) is 29.4 Å². The number of ketones is 1. The van der Waals surface area contributed by atoms with Crippen LogP contribution in [0.4, 0.5) is 10.5 Å². The Morgan fingerprint density at radius 2 is 1.88 bits per heavy atom. The number of amides is 1. The lowest BCUT2D eigenvalue weighted by molar-refractivity contribution is 0.103. The van der Waals surface area contributed by atoms with Crippen LogP contribution in [0, 0.1) is 0 Å². The van der Waals surface area contributed by atoms with Crippen LogP contribution in [0.2, 0.25) is 5.02 Å². The standard InChI is InChI=1S/C17H11BrClN3O2/c18-12-3-1-11(2-4-12)16(23)14-9-13(19)5-6-15(14)21-17(24)22-8-7-20-10-22/h1-10H,(H,21,24). The van der Waals surface area contributed by atoms with E-state index >= 15 is 0 Å². The molecule has 0 fully saturated rings. The molecule has 3 aromatic rings. The van der Waals surface area contributed by atoms with Crippen LogP contribution in [0.5, 0.6) is 0 Å². The van der Waals surface area contributed by atoms with Crippen molar-refractivity contribution in [2.75, 3.05) is 5.32 Å². The fourth-order valence-electron chi connectivity index (χ4n) is 2.13. The second-order valence-electron chi connectivity index (χ2n) is 4.93. The molecular formula is C17H11BrClN3O2. The van der Waals surface area contributed by atoms with Gasteiger partial charge in [0.05, 0.1) is 5.69 Å². The van der Waals surface area contributed by atoms with Gasteiger partial charge in [0.25, 0.3) is 0 Å². The molecule has 0 aliphatic rings. The van der Waals surface area contributed by atoms with Crippen molar-refractivity contribution in [3.05, 3.63) is 81.8 Å². The van der Waals surface area contributed by atoms with Gasteiger partial charge in [0.1, 0.15) is 6.33 Å². The minimum Gasteiger partial charge on any atom is -0.306 e. The van der Waals surface area contributed by atoms with Crippen LogP contribution in [0.15, 0.2) is 65.7 Å². The summed E-state index contributed by atoms with van der Waals surface area (Å²) in [6.07, 6.45) is 4.39. The van der Waals surface area contributed by atoms with Gasteiger partial charge in [-0.25, -0.2) is 9.78 Å². The van der Waals surface area contributed by atoms with Crippen LogP contribution in [0.1, 0.15) is 15.9 Å². The molecule has 0 spiro atoms. The number of halogens is 2. The van der Waals surface area contributed by atoms with E-state index in [-0.39, 0.29) is 5.78 Å². The van der Waals surface area contributed by atoms with Crippen LogP contribution in [-0.2, 0) is 0 Å². The minimum atomic E-state index is -0.417. The Hall–Kier alpha value is -2.44. The molecule has 1 N–H and O–H groups in total. The zero-order valence-electron chi connectivity index (χ0n) is 12.2. The van der Waals surface area contributed by atoms with Gasteiger partial charge in [-0.2, -0.15) is 0 Å². The summed E-state index contributed by atoms with van der Waals surface area (Å²) in [5.74, 6) is -0.231. The number of imidazole rings is 1. The number of hydrogen-bond acceptors (Lipinski definition) is 3. The van der Waals surface area contributed by atoms with Crippen molar-refractivity contribution in [2.45, 2.75) is 0 Å². The lowest BCUT2D eigenvalue weighted by Gasteiger charge is -2.11. The molecule has 0 aliphatic heterocycles. The second-order valence-corrected chi connectivity index (χ2v) is 6.28. The summed E-state index contributed by atoms with van der Waals surface area (Å²) in [5.41, 5.74) is 1.20. The summed E-state index contributed by atoms with van der Waals surface area (Å²) < 4.78 is 2.15. The van der Waals surface area contributed by atoms with Crippen molar-refractivity contribution >= 4 is 45.0 Å². The smallest absolute Gasteiger partial charge is 0.306 e. The SMILES string of the molecule is O=C(c1ccc(Br)cc1)c1cc(Cl)ccc1NC(=O)n1ccnc1. The summed E-state index contributed by atoms with van der Waals surface area (Å²) in [6, 6.07) is 11.3. The number of carbonyl (C=O) groups excluding carboxylic acids is 2. The zero-order valence-corrected chi connectivity index (χ0v) is 14.6. The normalized spacial score (nSPS) is 10.4. The largest absolute Gasteiger partial charge is 0.331 e. The molecule has 1 amide bonds. The highest BCUT2D eigenvalue weighted by molar-refractivity contribution is 9.10. The van der Waals surface area contributed by atoms with Crippen LogP contribution in [0.3, 0.4) is 0 Å². The Labute approximate surface area is 151 Å². The van der Waals surface area contributed by atoms with Gasteiger partial charge in [0.15, 0.2) is 5.78 Å². The van der Waals surface area contributed by atoms with E-state index in [1.54, 1.807) is 36.4 Å². The van der Waals surface area contributed by atoms with Crippen molar-refractivity contribution in [1.82, 2.24) is 9.55 Å². The summed E-state index contributed by atoms with van der Waals surface area (Å²) in [6.45, 7) is 0. The van der Waals surface area contributed by atoms with E-state index < -0.39 is 6.03 Å². The van der Waals surface area contributed by atoms with Crippen molar-refractivity contribution in [3.63, 3.8) is 0 Å². The van der Waals surface area contributed by atoms with E-state index in [1.807, 2.05) is 0 Å². The van der Waals surface area contributed by atoms with Crippen molar-refractivity contribution in [3.8, 4) is 0 Å². The number of rotatable bonds is 3. The van der Waals surface area contributed by atoms with Crippen LogP contribution in [-0.4, -0.2) is 21.4 Å². The molecule has 0 atom stereocenters. The second kappa shape index (κ2) is 6.98. The fourth-order valence-corrected chi connectivity index (χ4v) is 2.57. The molecule has 0 aliphatic carbocycles. The Morgan fingerprint density at radius 3 is 2.54 bits per heavy atom.